The second-order valence-electron chi connectivity index (χ2n) is 9.77. The number of carbonyl (C=O) groups excluding carboxylic acids is 4. The van der Waals surface area contributed by atoms with Crippen molar-refractivity contribution < 1.29 is 29.4 Å². The standard InChI is InChI=1S/C20H16BrN3O3.C14H12BrN3O3/c21-15-8-4-5-9-16(15)23-20(27)24-17-11-10-14(12-18(17)25)22-19(26)13-6-2-1-3-7-13;15-9-3-1-2-4-10(9)17-14(21)18-11-6-5-8(13(16)20)7-12(11)19/h1-12,25H,(H,22,26)(H2,23,24,27);1-7,19H,(H2,16,20)(H2,17,18,21). The number of para-hydroxylation sites is 2. The van der Waals surface area contributed by atoms with Crippen LogP contribution in [0, 0.1) is 0 Å². The van der Waals surface area contributed by atoms with Gasteiger partial charge in [0.25, 0.3) is 5.91 Å². The van der Waals surface area contributed by atoms with E-state index in [2.05, 4.69) is 58.4 Å². The van der Waals surface area contributed by atoms with Crippen LogP contribution >= 0.6 is 31.9 Å². The molecule has 0 atom stereocenters. The summed E-state index contributed by atoms with van der Waals surface area (Å²) in [6.45, 7) is 0. The van der Waals surface area contributed by atoms with Crippen molar-refractivity contribution in [2.75, 3.05) is 26.6 Å². The molecule has 0 aliphatic carbocycles. The second-order valence-corrected chi connectivity index (χ2v) is 11.5. The van der Waals surface area contributed by atoms with Gasteiger partial charge < -0.3 is 42.5 Å². The second kappa shape index (κ2) is 16.6. The van der Waals surface area contributed by atoms with E-state index in [-0.39, 0.29) is 34.3 Å². The predicted octanol–water partition coefficient (Wildman–Crippen LogP) is 7.95. The Bertz CT molecular complexity index is 1960. The number of nitrogens with one attached hydrogen (secondary N) is 5. The molecule has 0 heterocycles. The fourth-order valence-electron chi connectivity index (χ4n) is 3.98. The Morgan fingerprint density at radius 1 is 0.500 bits per heavy atom. The van der Waals surface area contributed by atoms with E-state index in [0.717, 1.165) is 8.95 Å². The molecule has 0 saturated carbocycles. The normalized spacial score (nSPS) is 10.0. The van der Waals surface area contributed by atoms with Crippen molar-refractivity contribution in [1.29, 1.82) is 0 Å². The molecule has 0 aliphatic rings. The number of primary amides is 1. The molecule has 0 saturated heterocycles. The van der Waals surface area contributed by atoms with Crippen molar-refractivity contribution in [1.82, 2.24) is 0 Å². The highest BCUT2D eigenvalue weighted by Gasteiger charge is 2.12. The molecule has 0 unspecified atom stereocenters. The summed E-state index contributed by atoms with van der Waals surface area (Å²) in [5.74, 6) is -1.35. The lowest BCUT2D eigenvalue weighted by molar-refractivity contribution is 0.0997. The van der Waals surface area contributed by atoms with Crippen LogP contribution in [0.3, 0.4) is 0 Å². The van der Waals surface area contributed by atoms with E-state index in [9.17, 15) is 29.4 Å². The Balaban J connectivity index is 0.000000224. The molecule has 0 aromatic heterocycles. The van der Waals surface area contributed by atoms with Gasteiger partial charge in [-0.25, -0.2) is 9.59 Å². The maximum Gasteiger partial charge on any atom is 0.323 e. The Hall–Kier alpha value is -5.86. The number of phenolic OH excluding ortho intramolecular Hbond substituents is 2. The molecule has 0 radical (unpaired) electrons. The number of halogens is 2. The van der Waals surface area contributed by atoms with E-state index in [4.69, 9.17) is 5.73 Å². The van der Waals surface area contributed by atoms with Gasteiger partial charge in [0, 0.05) is 31.8 Å². The zero-order chi connectivity index (χ0) is 34.6. The third kappa shape index (κ3) is 10.1. The topological polar surface area (TPSA) is 195 Å². The summed E-state index contributed by atoms with van der Waals surface area (Å²) in [4.78, 5) is 47.1. The van der Waals surface area contributed by atoms with Crippen LogP contribution in [0.2, 0.25) is 0 Å². The zero-order valence-corrected chi connectivity index (χ0v) is 28.0. The van der Waals surface area contributed by atoms with Gasteiger partial charge in [-0.15, -0.1) is 0 Å². The van der Waals surface area contributed by atoms with Crippen LogP contribution in [0.25, 0.3) is 0 Å². The van der Waals surface area contributed by atoms with E-state index in [1.165, 1.54) is 30.3 Å². The highest BCUT2D eigenvalue weighted by molar-refractivity contribution is 9.11. The first-order valence-electron chi connectivity index (χ1n) is 14.0. The molecule has 0 fully saturated rings. The first-order valence-corrected chi connectivity index (χ1v) is 15.6. The SMILES string of the molecule is NC(=O)c1ccc(NC(=O)Nc2ccccc2Br)c(O)c1.O=C(Nc1ccc(NC(=O)c2ccccc2)cc1O)Nc1ccccc1Br. The minimum absolute atomic E-state index is 0.157. The van der Waals surface area contributed by atoms with Crippen LogP contribution in [-0.2, 0) is 0 Å². The molecule has 14 heteroatoms. The number of anilines is 5. The van der Waals surface area contributed by atoms with Gasteiger partial charge in [-0.1, -0.05) is 42.5 Å². The van der Waals surface area contributed by atoms with Crippen LogP contribution in [0.1, 0.15) is 20.7 Å². The number of urea groups is 2. The van der Waals surface area contributed by atoms with Crippen molar-refractivity contribution in [2.45, 2.75) is 0 Å². The van der Waals surface area contributed by atoms with Crippen LogP contribution in [0.4, 0.5) is 38.0 Å². The first-order chi connectivity index (χ1) is 23.0. The number of benzene rings is 5. The molecule has 9 N–H and O–H groups in total. The smallest absolute Gasteiger partial charge is 0.323 e. The zero-order valence-electron chi connectivity index (χ0n) is 24.8. The summed E-state index contributed by atoms with van der Waals surface area (Å²) < 4.78 is 1.47. The van der Waals surface area contributed by atoms with E-state index >= 15 is 0 Å². The molecule has 0 spiro atoms. The maximum atomic E-state index is 12.1. The molecule has 6 amide bonds. The van der Waals surface area contributed by atoms with Crippen molar-refractivity contribution in [3.63, 3.8) is 0 Å². The molecule has 244 valence electrons. The summed E-state index contributed by atoms with van der Waals surface area (Å²) in [6.07, 6.45) is 0. The van der Waals surface area contributed by atoms with Crippen molar-refractivity contribution in [2.24, 2.45) is 5.73 Å². The van der Waals surface area contributed by atoms with E-state index < -0.39 is 18.0 Å². The average molecular weight is 776 g/mol. The summed E-state index contributed by atoms with van der Waals surface area (Å²) in [5, 5.41) is 32.9. The van der Waals surface area contributed by atoms with Gasteiger partial charge in [-0.2, -0.15) is 0 Å². The Morgan fingerprint density at radius 2 is 0.958 bits per heavy atom. The first kappa shape index (κ1) is 35.0. The van der Waals surface area contributed by atoms with Gasteiger partial charge in [-0.05, 0) is 98.6 Å². The van der Waals surface area contributed by atoms with Gasteiger partial charge in [0.1, 0.15) is 11.5 Å². The fourth-order valence-corrected chi connectivity index (χ4v) is 4.74. The van der Waals surface area contributed by atoms with Gasteiger partial charge in [0.2, 0.25) is 5.91 Å². The summed E-state index contributed by atoms with van der Waals surface area (Å²) >= 11 is 6.65. The van der Waals surface area contributed by atoms with Gasteiger partial charge in [-0.3, -0.25) is 9.59 Å². The third-order valence-electron chi connectivity index (χ3n) is 6.31. The van der Waals surface area contributed by atoms with Crippen molar-refractivity contribution >= 4 is 84.2 Å². The van der Waals surface area contributed by atoms with Crippen LogP contribution in [-0.4, -0.2) is 34.1 Å². The molecule has 5 rings (SSSR count). The minimum atomic E-state index is -0.658. The summed E-state index contributed by atoms with van der Waals surface area (Å²) in [5.41, 5.74) is 7.75. The molecular formula is C34H28Br2N6O6. The van der Waals surface area contributed by atoms with Crippen molar-refractivity contribution in [3.8, 4) is 11.5 Å². The maximum absolute atomic E-state index is 12.1. The third-order valence-corrected chi connectivity index (χ3v) is 7.70. The number of hydrogen-bond acceptors (Lipinski definition) is 6. The van der Waals surface area contributed by atoms with Gasteiger partial charge >= 0.3 is 12.1 Å². The highest BCUT2D eigenvalue weighted by atomic mass is 79.9. The lowest BCUT2D eigenvalue weighted by Crippen LogP contribution is -2.20. The molecular weight excluding hydrogens is 748 g/mol. The average Bonchev–Trinajstić information content (AvgIpc) is 3.06. The molecule has 0 bridgehead atoms. The number of aromatic hydroxyl groups is 2. The van der Waals surface area contributed by atoms with Crippen LogP contribution < -0.4 is 32.3 Å². The number of rotatable bonds is 7. The number of nitrogens with two attached hydrogens (primary N) is 1. The largest absolute Gasteiger partial charge is 0.506 e. The van der Waals surface area contributed by atoms with Crippen LogP contribution in [0.15, 0.2) is 124 Å². The minimum Gasteiger partial charge on any atom is -0.506 e. The van der Waals surface area contributed by atoms with Crippen LogP contribution in [0.5, 0.6) is 11.5 Å². The Morgan fingerprint density at radius 3 is 1.44 bits per heavy atom. The Labute approximate surface area is 291 Å². The molecule has 0 aliphatic heterocycles. The fraction of sp³-hybridized carbons (Fsp3) is 0. The highest BCUT2D eigenvalue weighted by Crippen LogP contribution is 2.28. The molecule has 5 aromatic rings. The number of phenols is 2. The number of amides is 6. The van der Waals surface area contributed by atoms with Gasteiger partial charge in [0.05, 0.1) is 22.7 Å². The number of carbonyl (C=O) groups is 4. The lowest BCUT2D eigenvalue weighted by atomic mass is 10.2. The lowest BCUT2D eigenvalue weighted by Gasteiger charge is -2.12. The van der Waals surface area contributed by atoms with E-state index in [1.807, 2.05) is 18.2 Å². The summed E-state index contributed by atoms with van der Waals surface area (Å²) in [7, 11) is 0. The molecule has 12 nitrogen and oxygen atoms in total. The van der Waals surface area contributed by atoms with E-state index in [1.54, 1.807) is 66.7 Å². The monoisotopic (exact) mass is 774 g/mol. The Kier molecular flexibility index (Phi) is 12.1. The molecule has 5 aromatic carbocycles. The quantitative estimate of drug-likeness (QED) is 0.0773. The predicted molar refractivity (Wildman–Crippen MR) is 193 cm³/mol. The molecule has 48 heavy (non-hydrogen) atoms. The summed E-state index contributed by atoms with van der Waals surface area (Å²) in [6, 6.07) is 30.5. The van der Waals surface area contributed by atoms with Gasteiger partial charge in [0.15, 0.2) is 0 Å². The number of hydrogen-bond donors (Lipinski definition) is 8. The van der Waals surface area contributed by atoms with E-state index in [0.29, 0.717) is 22.6 Å². The van der Waals surface area contributed by atoms with Crippen molar-refractivity contribution in [3.05, 3.63) is 135 Å².